The number of benzene rings is 1. The molecule has 7 nitrogen and oxygen atoms in total. The SMILES string of the molecule is CCN(CC)c1ccc(NC(=O)c2cc(C)nc(N3CCOCC3)n2)c(C)c1. The molecule has 2 aromatic rings. The van der Waals surface area contributed by atoms with Crippen LogP contribution in [0.4, 0.5) is 17.3 Å². The molecule has 0 aliphatic carbocycles. The molecule has 1 N–H and O–H groups in total. The summed E-state index contributed by atoms with van der Waals surface area (Å²) >= 11 is 0. The molecule has 0 atom stereocenters. The lowest BCUT2D eigenvalue weighted by Crippen LogP contribution is -2.37. The zero-order chi connectivity index (χ0) is 20.1. The second kappa shape index (κ2) is 9.01. The third kappa shape index (κ3) is 4.59. The van der Waals surface area contributed by atoms with E-state index in [2.05, 4.69) is 45.0 Å². The Hall–Kier alpha value is -2.67. The van der Waals surface area contributed by atoms with Crippen molar-refractivity contribution in [2.75, 3.05) is 54.5 Å². The molecule has 2 heterocycles. The second-order valence-electron chi connectivity index (χ2n) is 6.92. The first-order chi connectivity index (χ1) is 13.5. The van der Waals surface area contributed by atoms with Crippen molar-refractivity contribution >= 4 is 23.2 Å². The van der Waals surface area contributed by atoms with Crippen molar-refractivity contribution in [1.29, 1.82) is 0 Å². The van der Waals surface area contributed by atoms with Crippen molar-refractivity contribution < 1.29 is 9.53 Å². The topological polar surface area (TPSA) is 70.6 Å². The molecule has 1 aliphatic heterocycles. The molecule has 1 aromatic carbocycles. The van der Waals surface area contributed by atoms with Gasteiger partial charge in [-0.3, -0.25) is 4.79 Å². The number of nitrogens with one attached hydrogen (secondary N) is 1. The van der Waals surface area contributed by atoms with E-state index in [0.29, 0.717) is 24.9 Å². The van der Waals surface area contributed by atoms with Gasteiger partial charge < -0.3 is 19.9 Å². The number of aryl methyl sites for hydroxylation is 2. The fourth-order valence-electron chi connectivity index (χ4n) is 3.33. The largest absolute Gasteiger partial charge is 0.378 e. The van der Waals surface area contributed by atoms with Gasteiger partial charge in [0.1, 0.15) is 5.69 Å². The van der Waals surface area contributed by atoms with Crippen molar-refractivity contribution in [3.63, 3.8) is 0 Å². The Balaban J connectivity index is 1.78. The average molecular weight is 383 g/mol. The van der Waals surface area contributed by atoms with Gasteiger partial charge in [-0.1, -0.05) is 0 Å². The monoisotopic (exact) mass is 383 g/mol. The van der Waals surface area contributed by atoms with E-state index < -0.39 is 0 Å². The summed E-state index contributed by atoms with van der Waals surface area (Å²) < 4.78 is 5.38. The van der Waals surface area contributed by atoms with Gasteiger partial charge in [-0.25, -0.2) is 9.97 Å². The molecule has 1 aliphatic rings. The maximum absolute atomic E-state index is 12.8. The molecule has 0 unspecified atom stereocenters. The summed E-state index contributed by atoms with van der Waals surface area (Å²) in [7, 11) is 0. The van der Waals surface area contributed by atoms with E-state index in [1.165, 1.54) is 0 Å². The van der Waals surface area contributed by atoms with Gasteiger partial charge in [0.05, 0.1) is 13.2 Å². The third-order valence-electron chi connectivity index (χ3n) is 4.96. The van der Waals surface area contributed by atoms with E-state index in [1.54, 1.807) is 6.07 Å². The summed E-state index contributed by atoms with van der Waals surface area (Å²) in [6.45, 7) is 12.8. The summed E-state index contributed by atoms with van der Waals surface area (Å²) in [5.74, 6) is 0.362. The lowest BCUT2D eigenvalue weighted by Gasteiger charge is -2.27. The summed E-state index contributed by atoms with van der Waals surface area (Å²) in [5, 5.41) is 3.00. The van der Waals surface area contributed by atoms with Crippen LogP contribution in [-0.4, -0.2) is 55.3 Å². The molecule has 150 valence electrons. The molecule has 1 saturated heterocycles. The number of carbonyl (C=O) groups is 1. The molecule has 0 bridgehead atoms. The minimum Gasteiger partial charge on any atom is -0.378 e. The number of hydrogen-bond acceptors (Lipinski definition) is 6. The predicted molar refractivity (Wildman–Crippen MR) is 112 cm³/mol. The van der Waals surface area contributed by atoms with Crippen LogP contribution in [-0.2, 0) is 4.74 Å². The van der Waals surface area contributed by atoms with Crippen LogP contribution in [0.1, 0.15) is 35.6 Å². The molecule has 1 aromatic heterocycles. The molecule has 1 amide bonds. The molecule has 1 fully saturated rings. The number of hydrogen-bond donors (Lipinski definition) is 1. The first kappa shape index (κ1) is 20.1. The smallest absolute Gasteiger partial charge is 0.274 e. The van der Waals surface area contributed by atoms with Crippen molar-refractivity contribution in [2.24, 2.45) is 0 Å². The van der Waals surface area contributed by atoms with Gasteiger partial charge in [0.25, 0.3) is 5.91 Å². The van der Waals surface area contributed by atoms with Crippen LogP contribution in [0.3, 0.4) is 0 Å². The number of carbonyl (C=O) groups excluding carboxylic acids is 1. The lowest BCUT2D eigenvalue weighted by atomic mass is 10.1. The zero-order valence-electron chi connectivity index (χ0n) is 17.2. The molecule has 7 heteroatoms. The van der Waals surface area contributed by atoms with Crippen LogP contribution >= 0.6 is 0 Å². The Labute approximate surface area is 166 Å². The Kier molecular flexibility index (Phi) is 6.46. The summed E-state index contributed by atoms with van der Waals surface area (Å²) in [5.41, 5.74) is 4.13. The molecule has 0 spiro atoms. The van der Waals surface area contributed by atoms with Crippen molar-refractivity contribution in [3.05, 3.63) is 41.2 Å². The second-order valence-corrected chi connectivity index (χ2v) is 6.92. The van der Waals surface area contributed by atoms with Crippen LogP contribution in [0, 0.1) is 13.8 Å². The normalized spacial score (nSPS) is 14.1. The van der Waals surface area contributed by atoms with E-state index in [1.807, 2.05) is 26.0 Å². The van der Waals surface area contributed by atoms with E-state index >= 15 is 0 Å². The maximum Gasteiger partial charge on any atom is 0.274 e. The van der Waals surface area contributed by atoms with Crippen LogP contribution in [0.2, 0.25) is 0 Å². The van der Waals surface area contributed by atoms with E-state index in [9.17, 15) is 4.79 Å². The Morgan fingerprint density at radius 1 is 1.14 bits per heavy atom. The number of nitrogens with zero attached hydrogens (tertiary/aromatic N) is 4. The number of aromatic nitrogens is 2. The average Bonchev–Trinajstić information content (AvgIpc) is 2.71. The van der Waals surface area contributed by atoms with Gasteiger partial charge in [-0.2, -0.15) is 0 Å². The van der Waals surface area contributed by atoms with E-state index in [4.69, 9.17) is 4.74 Å². The van der Waals surface area contributed by atoms with E-state index in [-0.39, 0.29) is 5.91 Å². The number of anilines is 3. The molecule has 0 radical (unpaired) electrons. The van der Waals surface area contributed by atoms with Crippen LogP contribution < -0.4 is 15.1 Å². The third-order valence-corrected chi connectivity index (χ3v) is 4.96. The molecular weight excluding hydrogens is 354 g/mol. The van der Waals surface area contributed by atoms with Gasteiger partial charge in [-0.15, -0.1) is 0 Å². The van der Waals surface area contributed by atoms with Crippen molar-refractivity contribution in [3.8, 4) is 0 Å². The van der Waals surface area contributed by atoms with Gasteiger partial charge in [0, 0.05) is 43.2 Å². The van der Waals surface area contributed by atoms with Gasteiger partial charge >= 0.3 is 0 Å². The number of rotatable bonds is 6. The maximum atomic E-state index is 12.8. The Morgan fingerprint density at radius 3 is 2.50 bits per heavy atom. The summed E-state index contributed by atoms with van der Waals surface area (Å²) in [6.07, 6.45) is 0. The Bertz CT molecular complexity index is 830. The fourth-order valence-corrected chi connectivity index (χ4v) is 3.33. The summed E-state index contributed by atoms with van der Waals surface area (Å²) in [6, 6.07) is 7.82. The Morgan fingerprint density at radius 2 is 1.86 bits per heavy atom. The standard InChI is InChI=1S/C21H29N5O2/c1-5-25(6-2)17-7-8-18(15(3)13-17)23-20(27)19-14-16(4)22-21(24-19)26-9-11-28-12-10-26/h7-8,13-14H,5-6,9-12H2,1-4H3,(H,23,27). The van der Waals surface area contributed by atoms with Gasteiger partial charge in [0.15, 0.2) is 0 Å². The predicted octanol–water partition coefficient (Wildman–Crippen LogP) is 3.03. The van der Waals surface area contributed by atoms with Gasteiger partial charge in [-0.05, 0) is 57.5 Å². The van der Waals surface area contributed by atoms with Crippen LogP contribution in [0.25, 0.3) is 0 Å². The molecule has 28 heavy (non-hydrogen) atoms. The van der Waals surface area contributed by atoms with Gasteiger partial charge in [0.2, 0.25) is 5.95 Å². The van der Waals surface area contributed by atoms with Crippen molar-refractivity contribution in [2.45, 2.75) is 27.7 Å². The highest BCUT2D eigenvalue weighted by molar-refractivity contribution is 6.03. The minimum atomic E-state index is -0.223. The van der Waals surface area contributed by atoms with Crippen LogP contribution in [0.15, 0.2) is 24.3 Å². The summed E-state index contributed by atoms with van der Waals surface area (Å²) in [4.78, 5) is 26.1. The fraction of sp³-hybridized carbons (Fsp3) is 0.476. The zero-order valence-corrected chi connectivity index (χ0v) is 17.2. The number of morpholine rings is 1. The van der Waals surface area contributed by atoms with E-state index in [0.717, 1.165) is 48.8 Å². The van der Waals surface area contributed by atoms with Crippen molar-refractivity contribution in [1.82, 2.24) is 9.97 Å². The highest BCUT2D eigenvalue weighted by atomic mass is 16.5. The molecule has 0 saturated carbocycles. The lowest BCUT2D eigenvalue weighted by molar-refractivity contribution is 0.102. The number of ether oxygens (including phenoxy) is 1. The highest BCUT2D eigenvalue weighted by Crippen LogP contribution is 2.23. The first-order valence-corrected chi connectivity index (χ1v) is 9.87. The first-order valence-electron chi connectivity index (χ1n) is 9.87. The number of amides is 1. The molecule has 3 rings (SSSR count). The van der Waals surface area contributed by atoms with Crippen LogP contribution in [0.5, 0.6) is 0 Å². The molecular formula is C21H29N5O2. The minimum absolute atomic E-state index is 0.223. The quantitative estimate of drug-likeness (QED) is 0.827. The highest BCUT2D eigenvalue weighted by Gasteiger charge is 2.18.